The van der Waals surface area contributed by atoms with Crippen LogP contribution in [0, 0.1) is 5.82 Å². The Labute approximate surface area is 215 Å². The summed E-state index contributed by atoms with van der Waals surface area (Å²) in [5.41, 5.74) is 2.93. The minimum Gasteiger partial charge on any atom is -0.497 e. The summed E-state index contributed by atoms with van der Waals surface area (Å²) in [4.78, 5) is 15.4. The van der Waals surface area contributed by atoms with Crippen molar-refractivity contribution in [3.63, 3.8) is 0 Å². The van der Waals surface area contributed by atoms with Gasteiger partial charge in [-0.2, -0.15) is 0 Å². The zero-order valence-electron chi connectivity index (χ0n) is 20.5. The molecule has 0 bridgehead atoms. The van der Waals surface area contributed by atoms with Crippen LogP contribution in [0.25, 0.3) is 10.8 Å². The van der Waals surface area contributed by atoms with Gasteiger partial charge in [0.2, 0.25) is 0 Å². The number of methoxy groups -OCH3 is 2. The number of rotatable bonds is 10. The van der Waals surface area contributed by atoms with Crippen molar-refractivity contribution in [1.82, 2.24) is 0 Å². The maximum Gasteiger partial charge on any atom is 0.307 e. The van der Waals surface area contributed by atoms with E-state index in [1.54, 1.807) is 19.2 Å². The zero-order valence-corrected chi connectivity index (χ0v) is 21.3. The van der Waals surface area contributed by atoms with E-state index in [2.05, 4.69) is 33.9 Å². The number of esters is 1. The van der Waals surface area contributed by atoms with Crippen LogP contribution in [-0.2, 0) is 16.1 Å². The molecule has 1 atom stereocenters. The Morgan fingerprint density at radius 3 is 2.31 bits per heavy atom. The van der Waals surface area contributed by atoms with E-state index in [9.17, 15) is 9.18 Å². The van der Waals surface area contributed by atoms with Crippen molar-refractivity contribution in [3.05, 3.63) is 96.3 Å². The lowest BCUT2D eigenvalue weighted by atomic mass is 10.0. The number of anilines is 2. The predicted octanol–water partition coefficient (Wildman–Crippen LogP) is 7.06. The van der Waals surface area contributed by atoms with E-state index in [4.69, 9.17) is 9.47 Å². The molecule has 4 aromatic rings. The van der Waals surface area contributed by atoms with Crippen LogP contribution in [0.1, 0.15) is 18.9 Å². The summed E-state index contributed by atoms with van der Waals surface area (Å²) in [6.45, 7) is 2.52. The van der Waals surface area contributed by atoms with Crippen LogP contribution in [0.5, 0.6) is 5.75 Å². The van der Waals surface area contributed by atoms with Crippen molar-refractivity contribution in [2.24, 2.45) is 0 Å². The Balaban J connectivity index is 1.67. The monoisotopic (exact) mass is 504 g/mol. The maximum atomic E-state index is 13.5. The van der Waals surface area contributed by atoms with E-state index in [-0.39, 0.29) is 24.2 Å². The van der Waals surface area contributed by atoms with Gasteiger partial charge in [0.1, 0.15) is 11.6 Å². The third kappa shape index (κ3) is 6.10. The van der Waals surface area contributed by atoms with E-state index >= 15 is 0 Å². The molecule has 4 rings (SSSR count). The fourth-order valence-electron chi connectivity index (χ4n) is 4.08. The standard InChI is InChI=1S/C29H29FN2O3S/c1-20(18-29(33)35-3)32(19-21-8-10-22(30)11-9-21)28-17-16-27(25-6-4-5-7-26(25)28)31-36-24-14-12-23(34-2)13-15-24/h4-17,20,31H,18-19H2,1-3H3/t20-/m0/s1. The number of fused-ring (bicyclic) bond motifs is 1. The largest absolute Gasteiger partial charge is 0.497 e. The molecule has 0 amide bonds. The highest BCUT2D eigenvalue weighted by Gasteiger charge is 2.21. The number of ether oxygens (including phenoxy) is 2. The third-order valence-electron chi connectivity index (χ3n) is 6.04. The number of hydrogen-bond donors (Lipinski definition) is 1. The van der Waals surface area contributed by atoms with E-state index < -0.39 is 0 Å². The van der Waals surface area contributed by atoms with Crippen molar-refractivity contribution in [2.45, 2.75) is 30.8 Å². The summed E-state index contributed by atoms with van der Waals surface area (Å²) in [5.74, 6) is 0.268. The molecule has 0 aliphatic heterocycles. The molecule has 0 aromatic heterocycles. The van der Waals surface area contributed by atoms with Crippen LogP contribution < -0.4 is 14.4 Å². The number of halogens is 1. The smallest absolute Gasteiger partial charge is 0.307 e. The molecule has 0 aliphatic carbocycles. The molecule has 0 aliphatic rings. The Morgan fingerprint density at radius 1 is 0.944 bits per heavy atom. The number of benzene rings is 4. The first-order chi connectivity index (χ1) is 17.5. The molecular weight excluding hydrogens is 475 g/mol. The molecule has 0 spiro atoms. The fourth-order valence-corrected chi connectivity index (χ4v) is 4.76. The molecule has 186 valence electrons. The number of hydrogen-bond acceptors (Lipinski definition) is 6. The minimum absolute atomic E-state index is 0.140. The second-order valence-corrected chi connectivity index (χ2v) is 9.32. The number of carbonyl (C=O) groups is 1. The Hall–Kier alpha value is -3.71. The molecule has 5 nitrogen and oxygen atoms in total. The normalized spacial score (nSPS) is 11.7. The van der Waals surface area contributed by atoms with Gasteiger partial charge >= 0.3 is 5.97 Å². The lowest BCUT2D eigenvalue weighted by molar-refractivity contribution is -0.140. The molecule has 0 saturated heterocycles. The molecule has 0 heterocycles. The van der Waals surface area contributed by atoms with Crippen LogP contribution in [0.4, 0.5) is 15.8 Å². The summed E-state index contributed by atoms with van der Waals surface area (Å²) in [7, 11) is 3.05. The van der Waals surface area contributed by atoms with Gasteiger partial charge in [0, 0.05) is 33.9 Å². The lowest BCUT2D eigenvalue weighted by Gasteiger charge is -2.32. The van der Waals surface area contributed by atoms with Crippen molar-refractivity contribution in [3.8, 4) is 5.75 Å². The highest BCUT2D eigenvalue weighted by Crippen LogP contribution is 2.36. The second-order valence-electron chi connectivity index (χ2n) is 8.44. The quantitative estimate of drug-likeness (QED) is 0.184. The highest BCUT2D eigenvalue weighted by atomic mass is 32.2. The fraction of sp³-hybridized carbons (Fsp3) is 0.207. The van der Waals surface area contributed by atoms with Gasteiger partial charge in [-0.1, -0.05) is 36.4 Å². The van der Waals surface area contributed by atoms with Crippen LogP contribution in [0.2, 0.25) is 0 Å². The molecule has 4 aromatic carbocycles. The third-order valence-corrected chi connectivity index (χ3v) is 6.87. The van der Waals surface area contributed by atoms with Crippen molar-refractivity contribution >= 4 is 40.1 Å². The first-order valence-electron chi connectivity index (χ1n) is 11.6. The second kappa shape index (κ2) is 11.8. The molecule has 0 fully saturated rings. The van der Waals surface area contributed by atoms with E-state index in [0.29, 0.717) is 6.54 Å². The molecule has 1 N–H and O–H groups in total. The van der Waals surface area contributed by atoms with Crippen LogP contribution in [-0.4, -0.2) is 26.2 Å². The number of nitrogens with zero attached hydrogens (tertiary/aromatic N) is 1. The van der Waals surface area contributed by atoms with E-state index in [1.807, 2.05) is 43.3 Å². The van der Waals surface area contributed by atoms with Crippen molar-refractivity contribution in [1.29, 1.82) is 0 Å². The van der Waals surface area contributed by atoms with Gasteiger partial charge < -0.3 is 19.1 Å². The summed E-state index contributed by atoms with van der Waals surface area (Å²) in [5, 5.41) is 2.11. The maximum absolute atomic E-state index is 13.5. The van der Waals surface area contributed by atoms with Crippen molar-refractivity contribution < 1.29 is 18.7 Å². The average Bonchev–Trinajstić information content (AvgIpc) is 2.91. The van der Waals surface area contributed by atoms with Crippen LogP contribution in [0.3, 0.4) is 0 Å². The SMILES string of the molecule is COC(=O)C[C@H](C)N(Cc1ccc(F)cc1)c1ccc(NSc2ccc(OC)cc2)c2ccccc12. The van der Waals surface area contributed by atoms with Gasteiger partial charge in [-0.05, 0) is 73.0 Å². The van der Waals surface area contributed by atoms with Gasteiger partial charge in [0.05, 0.1) is 26.3 Å². The molecule has 0 saturated carbocycles. The number of nitrogens with one attached hydrogen (secondary N) is 1. The Morgan fingerprint density at radius 2 is 1.64 bits per heavy atom. The topological polar surface area (TPSA) is 50.8 Å². The van der Waals surface area contributed by atoms with Gasteiger partial charge in [0.15, 0.2) is 0 Å². The zero-order chi connectivity index (χ0) is 25.5. The first-order valence-corrected chi connectivity index (χ1v) is 12.5. The van der Waals surface area contributed by atoms with Crippen molar-refractivity contribution in [2.75, 3.05) is 23.8 Å². The summed E-state index contributed by atoms with van der Waals surface area (Å²) < 4.78 is 27.2. The van der Waals surface area contributed by atoms with E-state index in [0.717, 1.165) is 38.4 Å². The number of carbonyl (C=O) groups excluding carboxylic acids is 1. The Bertz CT molecular complexity index is 1310. The highest BCUT2D eigenvalue weighted by molar-refractivity contribution is 8.00. The molecule has 36 heavy (non-hydrogen) atoms. The van der Waals surface area contributed by atoms with Gasteiger partial charge in [-0.15, -0.1) is 0 Å². The van der Waals surface area contributed by atoms with Gasteiger partial charge in [0.25, 0.3) is 0 Å². The van der Waals surface area contributed by atoms with E-state index in [1.165, 1.54) is 31.2 Å². The average molecular weight is 505 g/mol. The molecule has 7 heteroatoms. The molecular formula is C29H29FN2O3S. The predicted molar refractivity (Wildman–Crippen MR) is 145 cm³/mol. The van der Waals surface area contributed by atoms with Gasteiger partial charge in [-0.25, -0.2) is 4.39 Å². The summed E-state index contributed by atoms with van der Waals surface area (Å²) in [6.07, 6.45) is 0.235. The van der Waals surface area contributed by atoms with Crippen LogP contribution in [0.15, 0.2) is 89.8 Å². The van der Waals surface area contributed by atoms with Gasteiger partial charge in [-0.3, -0.25) is 4.79 Å². The summed E-state index contributed by atoms with van der Waals surface area (Å²) in [6, 6.07) is 26.5. The molecule has 0 unspecified atom stereocenters. The minimum atomic E-state index is -0.275. The van der Waals surface area contributed by atoms with Crippen LogP contribution >= 0.6 is 11.9 Å². The summed E-state index contributed by atoms with van der Waals surface area (Å²) >= 11 is 1.53. The lowest BCUT2D eigenvalue weighted by Crippen LogP contribution is -2.34. The Kier molecular flexibility index (Phi) is 8.33. The molecule has 0 radical (unpaired) electrons. The first kappa shape index (κ1) is 25.4.